The van der Waals surface area contributed by atoms with Gasteiger partial charge in [0.15, 0.2) is 0 Å². The van der Waals surface area contributed by atoms with Crippen molar-refractivity contribution >= 4 is 46.2 Å². The van der Waals surface area contributed by atoms with Crippen LogP contribution < -0.4 is 5.32 Å². The van der Waals surface area contributed by atoms with Crippen LogP contribution in [0.2, 0.25) is 0 Å². The minimum atomic E-state index is -0.456. The van der Waals surface area contributed by atoms with E-state index in [1.54, 1.807) is 6.08 Å². The van der Waals surface area contributed by atoms with E-state index in [0.717, 1.165) is 21.5 Å². The Morgan fingerprint density at radius 3 is 2.95 bits per heavy atom. The van der Waals surface area contributed by atoms with Gasteiger partial charge in [-0.25, -0.2) is 0 Å². The Balaban J connectivity index is 2.06. The molecule has 2 heterocycles. The highest BCUT2D eigenvalue weighted by atomic mass is 32.2. The number of nitrogens with zero attached hydrogens (tertiary/aromatic N) is 1. The summed E-state index contributed by atoms with van der Waals surface area (Å²) < 4.78 is 0. The molecule has 0 spiro atoms. The maximum absolute atomic E-state index is 12.1. The number of carbonyl (C=O) groups excluding carboxylic acids is 3. The van der Waals surface area contributed by atoms with Gasteiger partial charge >= 0.3 is 0 Å². The van der Waals surface area contributed by atoms with Crippen LogP contribution in [0, 0.1) is 12.3 Å². The van der Waals surface area contributed by atoms with E-state index in [1.165, 1.54) is 11.3 Å². The Morgan fingerprint density at radius 2 is 2.30 bits per heavy atom. The second-order valence-electron chi connectivity index (χ2n) is 3.76. The van der Waals surface area contributed by atoms with Crippen molar-refractivity contribution in [1.29, 1.82) is 0 Å². The van der Waals surface area contributed by atoms with Crippen LogP contribution in [0.3, 0.4) is 0 Å². The van der Waals surface area contributed by atoms with Crippen LogP contribution in [0.5, 0.6) is 0 Å². The molecular formula is C13H10N2O3S2. The number of thioether (sulfide) groups is 1. The summed E-state index contributed by atoms with van der Waals surface area (Å²) in [5.74, 6) is 1.34. The fourth-order valence-corrected chi connectivity index (χ4v) is 3.05. The Bertz CT molecular complexity index is 614. The summed E-state index contributed by atoms with van der Waals surface area (Å²) in [4.78, 5) is 37.4. The molecule has 0 bridgehead atoms. The number of amides is 3. The smallest absolute Gasteiger partial charge is 0.294 e. The van der Waals surface area contributed by atoms with Gasteiger partial charge in [-0.2, -0.15) is 0 Å². The third-order valence-corrected chi connectivity index (χ3v) is 4.11. The topological polar surface area (TPSA) is 66.5 Å². The molecule has 102 valence electrons. The molecule has 0 atom stereocenters. The van der Waals surface area contributed by atoms with Crippen molar-refractivity contribution in [3.63, 3.8) is 0 Å². The predicted octanol–water partition coefficient (Wildman–Crippen LogP) is 1.53. The highest BCUT2D eigenvalue weighted by Gasteiger charge is 2.36. The molecule has 1 aliphatic rings. The zero-order chi connectivity index (χ0) is 14.5. The lowest BCUT2D eigenvalue weighted by atomic mass is 10.3. The molecule has 0 aromatic carbocycles. The molecule has 1 N–H and O–H groups in total. The number of hydrogen-bond acceptors (Lipinski definition) is 5. The first-order valence-electron chi connectivity index (χ1n) is 5.61. The molecular weight excluding hydrogens is 296 g/mol. The van der Waals surface area contributed by atoms with E-state index < -0.39 is 17.1 Å². The highest BCUT2D eigenvalue weighted by Crippen LogP contribution is 2.32. The molecule has 0 aliphatic carbocycles. The summed E-state index contributed by atoms with van der Waals surface area (Å²) in [5, 5.41) is 3.84. The van der Waals surface area contributed by atoms with Crippen LogP contribution in [0.15, 0.2) is 22.4 Å². The Hall–Kier alpha value is -2.04. The Kier molecular flexibility index (Phi) is 4.61. The molecule has 1 aliphatic heterocycles. The van der Waals surface area contributed by atoms with Gasteiger partial charge in [0.2, 0.25) is 5.91 Å². The maximum atomic E-state index is 12.1. The number of imide groups is 1. The average Bonchev–Trinajstić information content (AvgIpc) is 3.01. The summed E-state index contributed by atoms with van der Waals surface area (Å²) >= 11 is 2.30. The number of terminal acetylenes is 1. The molecule has 20 heavy (non-hydrogen) atoms. The van der Waals surface area contributed by atoms with Crippen LogP contribution in [-0.2, 0) is 9.59 Å². The van der Waals surface area contributed by atoms with Crippen molar-refractivity contribution in [2.24, 2.45) is 0 Å². The van der Waals surface area contributed by atoms with Gasteiger partial charge in [-0.05, 0) is 29.3 Å². The van der Waals surface area contributed by atoms with Crippen molar-refractivity contribution in [3.8, 4) is 12.3 Å². The van der Waals surface area contributed by atoms with Crippen LogP contribution >= 0.6 is 23.1 Å². The van der Waals surface area contributed by atoms with Gasteiger partial charge in [0.1, 0.15) is 6.54 Å². The quantitative estimate of drug-likeness (QED) is 0.677. The fourth-order valence-electron chi connectivity index (χ4n) is 1.49. The number of nitrogens with one attached hydrogen (secondary N) is 1. The van der Waals surface area contributed by atoms with Gasteiger partial charge < -0.3 is 5.32 Å². The molecule has 1 fully saturated rings. The average molecular weight is 306 g/mol. The summed E-state index contributed by atoms with van der Waals surface area (Å²) in [6, 6.07) is 3.70. The lowest BCUT2D eigenvalue weighted by Gasteiger charge is -2.11. The van der Waals surface area contributed by atoms with Crippen molar-refractivity contribution < 1.29 is 14.4 Å². The van der Waals surface area contributed by atoms with Crippen LogP contribution in [0.25, 0.3) is 6.08 Å². The molecule has 0 radical (unpaired) electrons. The summed E-state index contributed by atoms with van der Waals surface area (Å²) in [6.07, 6.45) is 6.66. The van der Waals surface area contributed by atoms with E-state index in [1.807, 2.05) is 17.5 Å². The molecule has 3 amide bonds. The highest BCUT2D eigenvalue weighted by molar-refractivity contribution is 8.18. The van der Waals surface area contributed by atoms with E-state index in [4.69, 9.17) is 6.42 Å². The first-order chi connectivity index (χ1) is 9.61. The van der Waals surface area contributed by atoms with Gasteiger partial charge in [0.25, 0.3) is 11.1 Å². The zero-order valence-corrected chi connectivity index (χ0v) is 11.9. The molecule has 0 saturated carbocycles. The van der Waals surface area contributed by atoms with Gasteiger partial charge in [-0.15, -0.1) is 17.8 Å². The van der Waals surface area contributed by atoms with E-state index >= 15 is 0 Å². The zero-order valence-electron chi connectivity index (χ0n) is 10.3. The number of carbonyl (C=O) groups is 3. The standard InChI is InChI=1S/C13H10N2O3S2/c1-2-5-14-11(16)8-15-12(17)10(20-13(15)18)7-9-4-3-6-19-9/h1,3-4,6-7H,5,8H2,(H,14,16)/b10-7-. The van der Waals surface area contributed by atoms with Crippen LogP contribution in [0.4, 0.5) is 4.79 Å². The number of hydrogen-bond donors (Lipinski definition) is 1. The fraction of sp³-hybridized carbons (Fsp3) is 0.154. The molecule has 2 rings (SSSR count). The van der Waals surface area contributed by atoms with Gasteiger partial charge in [0, 0.05) is 4.88 Å². The summed E-state index contributed by atoms with van der Waals surface area (Å²) in [7, 11) is 0. The van der Waals surface area contributed by atoms with Crippen LogP contribution in [-0.4, -0.2) is 35.0 Å². The normalized spacial score (nSPS) is 16.6. The molecule has 5 nitrogen and oxygen atoms in total. The van der Waals surface area contributed by atoms with Gasteiger partial charge in [0.05, 0.1) is 11.4 Å². The molecule has 7 heteroatoms. The molecule has 1 aromatic rings. The van der Waals surface area contributed by atoms with Crippen molar-refractivity contribution in [2.75, 3.05) is 13.1 Å². The van der Waals surface area contributed by atoms with E-state index in [0.29, 0.717) is 4.91 Å². The molecule has 1 saturated heterocycles. The van der Waals surface area contributed by atoms with E-state index in [2.05, 4.69) is 11.2 Å². The Morgan fingerprint density at radius 1 is 1.50 bits per heavy atom. The van der Waals surface area contributed by atoms with Gasteiger partial charge in [-0.1, -0.05) is 12.0 Å². The van der Waals surface area contributed by atoms with E-state index in [9.17, 15) is 14.4 Å². The lowest BCUT2D eigenvalue weighted by Crippen LogP contribution is -2.39. The second-order valence-corrected chi connectivity index (χ2v) is 5.74. The third-order valence-electron chi connectivity index (χ3n) is 2.38. The Labute approximate surface area is 124 Å². The van der Waals surface area contributed by atoms with Crippen molar-refractivity contribution in [2.45, 2.75) is 0 Å². The predicted molar refractivity (Wildman–Crippen MR) is 78.8 cm³/mol. The van der Waals surface area contributed by atoms with Crippen LogP contribution in [0.1, 0.15) is 4.88 Å². The van der Waals surface area contributed by atoms with Crippen molar-refractivity contribution in [1.82, 2.24) is 10.2 Å². The molecule has 0 unspecified atom stereocenters. The van der Waals surface area contributed by atoms with Crippen molar-refractivity contribution in [3.05, 3.63) is 27.3 Å². The minimum absolute atomic E-state index is 0.0695. The molecule has 1 aromatic heterocycles. The third kappa shape index (κ3) is 3.29. The number of thiophene rings is 1. The first kappa shape index (κ1) is 14.4. The largest absolute Gasteiger partial charge is 0.344 e. The first-order valence-corrected chi connectivity index (χ1v) is 7.30. The maximum Gasteiger partial charge on any atom is 0.294 e. The van der Waals surface area contributed by atoms with E-state index in [-0.39, 0.29) is 13.1 Å². The minimum Gasteiger partial charge on any atom is -0.344 e. The van der Waals surface area contributed by atoms with Gasteiger partial charge in [-0.3, -0.25) is 19.3 Å². The summed E-state index contributed by atoms with van der Waals surface area (Å²) in [5.41, 5.74) is 0. The SMILES string of the molecule is C#CCNC(=O)CN1C(=O)S/C(=C\c2cccs2)C1=O. The summed E-state index contributed by atoms with van der Waals surface area (Å²) in [6.45, 7) is -0.242. The number of rotatable bonds is 4. The second kappa shape index (κ2) is 6.41. The monoisotopic (exact) mass is 306 g/mol. The lowest BCUT2D eigenvalue weighted by molar-refractivity contribution is -0.129.